The third-order valence-electron chi connectivity index (χ3n) is 6.28. The topological polar surface area (TPSA) is 86.8 Å². The molecule has 1 aliphatic heterocycles. The first-order valence-electron chi connectivity index (χ1n) is 11.3. The highest BCUT2D eigenvalue weighted by Crippen LogP contribution is 2.29. The molecule has 0 saturated carbocycles. The summed E-state index contributed by atoms with van der Waals surface area (Å²) in [5.41, 5.74) is 1.25. The van der Waals surface area contributed by atoms with Crippen molar-refractivity contribution in [2.24, 2.45) is 11.8 Å². The SMILES string of the molecule is O=C(C1C=CC(F)=CC1F)N1CCC[C@H](CNc2nc(-c3c[nH]c4ncc(Cl)cc34)ncc2F)C1. The lowest BCUT2D eigenvalue weighted by atomic mass is 9.93. The lowest BCUT2D eigenvalue weighted by Crippen LogP contribution is -2.46. The molecular weight excluding hydrogens is 481 g/mol. The number of hydrogen-bond donors (Lipinski definition) is 2. The number of H-pyrrole nitrogens is 1. The molecule has 0 aromatic carbocycles. The van der Waals surface area contributed by atoms with E-state index < -0.39 is 23.7 Å². The maximum Gasteiger partial charge on any atom is 0.232 e. The Morgan fingerprint density at radius 2 is 2.14 bits per heavy atom. The van der Waals surface area contributed by atoms with E-state index in [1.54, 1.807) is 17.2 Å². The molecule has 182 valence electrons. The fourth-order valence-electron chi connectivity index (χ4n) is 4.50. The standard InChI is InChI=1S/C24H22ClF3N6O/c25-14-6-17-18(10-31-21(17)30-9-14)22-32-11-20(28)23(33-22)29-8-13-2-1-5-34(12-13)24(35)16-4-3-15(26)7-19(16)27/h3-4,6-7,9-11,13,16,19H,1-2,5,8,12H2,(H,30,31)(H,29,32,33)/t13-,16?,19?/m1/s1. The molecule has 1 fully saturated rings. The quantitative estimate of drug-likeness (QED) is 0.521. The maximum absolute atomic E-state index is 14.5. The van der Waals surface area contributed by atoms with Gasteiger partial charge in [-0.25, -0.2) is 28.1 Å². The second-order valence-corrected chi connectivity index (χ2v) is 9.13. The summed E-state index contributed by atoms with van der Waals surface area (Å²) in [6.07, 6.45) is 7.38. The van der Waals surface area contributed by atoms with Gasteiger partial charge in [0.05, 0.1) is 17.1 Å². The number of halogens is 4. The molecule has 11 heteroatoms. The van der Waals surface area contributed by atoms with E-state index in [1.807, 2.05) is 0 Å². The first-order valence-corrected chi connectivity index (χ1v) is 11.6. The molecule has 1 amide bonds. The summed E-state index contributed by atoms with van der Waals surface area (Å²) in [7, 11) is 0. The summed E-state index contributed by atoms with van der Waals surface area (Å²) in [6, 6.07) is 1.73. The van der Waals surface area contributed by atoms with Crippen molar-refractivity contribution in [3.63, 3.8) is 0 Å². The number of aromatic amines is 1. The van der Waals surface area contributed by atoms with Crippen LogP contribution in [0.25, 0.3) is 22.4 Å². The number of rotatable bonds is 5. The van der Waals surface area contributed by atoms with Crippen molar-refractivity contribution < 1.29 is 18.0 Å². The zero-order chi connectivity index (χ0) is 24.5. The van der Waals surface area contributed by atoms with Crippen LogP contribution in [0.2, 0.25) is 5.02 Å². The molecular formula is C24H22ClF3N6O. The van der Waals surface area contributed by atoms with Gasteiger partial charge < -0.3 is 15.2 Å². The van der Waals surface area contributed by atoms with Crippen molar-refractivity contribution in [3.05, 3.63) is 59.6 Å². The van der Waals surface area contributed by atoms with Gasteiger partial charge in [-0.3, -0.25) is 4.79 Å². The lowest BCUT2D eigenvalue weighted by Gasteiger charge is -2.35. The van der Waals surface area contributed by atoms with Crippen LogP contribution in [-0.4, -0.2) is 56.5 Å². The van der Waals surface area contributed by atoms with E-state index >= 15 is 0 Å². The Morgan fingerprint density at radius 3 is 2.97 bits per heavy atom. The van der Waals surface area contributed by atoms with E-state index in [2.05, 4.69) is 25.3 Å². The van der Waals surface area contributed by atoms with Crippen LogP contribution in [-0.2, 0) is 4.79 Å². The lowest BCUT2D eigenvalue weighted by molar-refractivity contribution is -0.137. The molecule has 35 heavy (non-hydrogen) atoms. The van der Waals surface area contributed by atoms with Gasteiger partial charge in [0.25, 0.3) is 0 Å². The summed E-state index contributed by atoms with van der Waals surface area (Å²) < 4.78 is 41.9. The van der Waals surface area contributed by atoms with Gasteiger partial charge in [0.2, 0.25) is 5.91 Å². The van der Waals surface area contributed by atoms with Gasteiger partial charge in [-0.15, -0.1) is 0 Å². The molecule has 4 heterocycles. The minimum Gasteiger partial charge on any atom is -0.367 e. The smallest absolute Gasteiger partial charge is 0.232 e. The monoisotopic (exact) mass is 502 g/mol. The number of likely N-dealkylation sites (tertiary alicyclic amines) is 1. The number of alkyl halides is 1. The minimum absolute atomic E-state index is 0.0134. The van der Waals surface area contributed by atoms with Gasteiger partial charge in [-0.05, 0) is 37.0 Å². The van der Waals surface area contributed by atoms with Crippen molar-refractivity contribution in [3.8, 4) is 11.4 Å². The Hall–Kier alpha value is -3.40. The highest BCUT2D eigenvalue weighted by molar-refractivity contribution is 6.31. The molecule has 0 radical (unpaired) electrons. The van der Waals surface area contributed by atoms with E-state index in [-0.39, 0.29) is 17.6 Å². The third-order valence-corrected chi connectivity index (χ3v) is 6.49. The van der Waals surface area contributed by atoms with Gasteiger partial charge in [-0.1, -0.05) is 17.7 Å². The van der Waals surface area contributed by atoms with Crippen molar-refractivity contribution >= 4 is 34.4 Å². The average molecular weight is 503 g/mol. The molecule has 3 aromatic rings. The van der Waals surface area contributed by atoms with Crippen LogP contribution in [0.1, 0.15) is 12.8 Å². The third kappa shape index (κ3) is 4.88. The first kappa shape index (κ1) is 23.3. The number of aromatic nitrogens is 4. The van der Waals surface area contributed by atoms with Gasteiger partial charge in [0.15, 0.2) is 17.5 Å². The van der Waals surface area contributed by atoms with Crippen LogP contribution in [0.3, 0.4) is 0 Å². The van der Waals surface area contributed by atoms with Crippen LogP contribution >= 0.6 is 11.6 Å². The molecule has 0 spiro atoms. The second-order valence-electron chi connectivity index (χ2n) is 8.70. The summed E-state index contributed by atoms with van der Waals surface area (Å²) in [5, 5.41) is 4.21. The summed E-state index contributed by atoms with van der Waals surface area (Å²) in [5.74, 6) is -2.31. The number of anilines is 1. The molecule has 3 aromatic heterocycles. The molecule has 3 atom stereocenters. The van der Waals surface area contributed by atoms with Crippen molar-refractivity contribution in [2.75, 3.05) is 25.0 Å². The van der Waals surface area contributed by atoms with E-state index in [0.717, 1.165) is 31.2 Å². The highest BCUT2D eigenvalue weighted by atomic mass is 35.5. The van der Waals surface area contributed by atoms with Crippen LogP contribution < -0.4 is 5.32 Å². The molecule has 7 nitrogen and oxygen atoms in total. The molecule has 0 bridgehead atoms. The number of nitrogens with zero attached hydrogens (tertiary/aromatic N) is 4. The fourth-order valence-corrected chi connectivity index (χ4v) is 4.66. The number of fused-ring (bicyclic) bond motifs is 1. The number of carbonyl (C=O) groups excluding carboxylic acids is 1. The Bertz CT molecular complexity index is 1330. The zero-order valence-electron chi connectivity index (χ0n) is 18.5. The fraction of sp³-hybridized carbons (Fsp3) is 0.333. The molecule has 2 N–H and O–H groups in total. The Balaban J connectivity index is 1.27. The van der Waals surface area contributed by atoms with Crippen molar-refractivity contribution in [2.45, 2.75) is 19.0 Å². The largest absolute Gasteiger partial charge is 0.367 e. The van der Waals surface area contributed by atoms with Gasteiger partial charge >= 0.3 is 0 Å². The van der Waals surface area contributed by atoms with E-state index in [4.69, 9.17) is 11.6 Å². The number of amides is 1. The number of allylic oxidation sites excluding steroid dienone is 3. The van der Waals surface area contributed by atoms with Crippen LogP contribution in [0.4, 0.5) is 19.0 Å². The Morgan fingerprint density at radius 1 is 1.29 bits per heavy atom. The Kier molecular flexibility index (Phi) is 6.46. The van der Waals surface area contributed by atoms with E-state index in [1.165, 1.54) is 12.3 Å². The van der Waals surface area contributed by atoms with E-state index in [0.29, 0.717) is 47.1 Å². The molecule has 2 aliphatic rings. The summed E-state index contributed by atoms with van der Waals surface area (Å²) >= 11 is 6.06. The van der Waals surface area contributed by atoms with Crippen LogP contribution in [0.5, 0.6) is 0 Å². The molecule has 5 rings (SSSR count). The van der Waals surface area contributed by atoms with Crippen LogP contribution in [0.15, 0.2) is 48.7 Å². The predicted octanol–water partition coefficient (Wildman–Crippen LogP) is 4.84. The van der Waals surface area contributed by atoms with Gasteiger partial charge in [0.1, 0.15) is 17.6 Å². The molecule has 1 aliphatic carbocycles. The Labute approximate surface area is 204 Å². The maximum atomic E-state index is 14.5. The number of nitrogens with one attached hydrogen (secondary N) is 2. The number of carbonyl (C=O) groups is 1. The van der Waals surface area contributed by atoms with Crippen molar-refractivity contribution in [1.29, 1.82) is 0 Å². The average Bonchev–Trinajstić information content (AvgIpc) is 3.26. The second kappa shape index (κ2) is 9.69. The van der Waals surface area contributed by atoms with E-state index in [9.17, 15) is 18.0 Å². The molecule has 2 unspecified atom stereocenters. The number of pyridine rings is 1. The van der Waals surface area contributed by atoms with Gasteiger partial charge in [-0.2, -0.15) is 0 Å². The minimum atomic E-state index is -1.69. The van der Waals surface area contributed by atoms with Crippen molar-refractivity contribution in [1.82, 2.24) is 24.8 Å². The van der Waals surface area contributed by atoms with Crippen LogP contribution in [0, 0.1) is 17.7 Å². The van der Waals surface area contributed by atoms with Gasteiger partial charge in [0, 0.05) is 43.0 Å². The highest BCUT2D eigenvalue weighted by Gasteiger charge is 2.33. The number of piperidine rings is 1. The molecule has 1 saturated heterocycles. The predicted molar refractivity (Wildman–Crippen MR) is 127 cm³/mol. The summed E-state index contributed by atoms with van der Waals surface area (Å²) in [4.78, 5) is 30.1. The summed E-state index contributed by atoms with van der Waals surface area (Å²) in [6.45, 7) is 1.26. The first-order chi connectivity index (χ1) is 16.9. The number of hydrogen-bond acceptors (Lipinski definition) is 5. The normalized spacial score (nSPS) is 22.3. The zero-order valence-corrected chi connectivity index (χ0v) is 19.3.